The second kappa shape index (κ2) is 10.6. The zero-order valence-electron chi connectivity index (χ0n) is 20.6. The number of nitrogens with one attached hydrogen (secondary N) is 1. The van der Waals surface area contributed by atoms with E-state index in [4.69, 9.17) is 0 Å². The molecule has 0 bridgehead atoms. The minimum Gasteiger partial charge on any atom is -0.492 e. The Morgan fingerprint density at radius 3 is 2.58 bits per heavy atom. The van der Waals surface area contributed by atoms with Crippen molar-refractivity contribution in [2.45, 2.75) is 31.6 Å². The molecular formula is C26H21F6N5O2S. The minimum absolute atomic E-state index is 0.0454. The third-order valence-corrected chi connectivity index (χ3v) is 7.62. The van der Waals surface area contributed by atoms with E-state index in [1.807, 2.05) is 0 Å². The predicted molar refractivity (Wildman–Crippen MR) is 136 cm³/mol. The number of carbonyl (C=O) groups is 1. The van der Waals surface area contributed by atoms with Gasteiger partial charge in [-0.2, -0.15) is 41.5 Å². The van der Waals surface area contributed by atoms with Gasteiger partial charge in [0.05, 0.1) is 27.6 Å². The van der Waals surface area contributed by atoms with Crippen LogP contribution < -0.4 is 15.9 Å². The van der Waals surface area contributed by atoms with Crippen LogP contribution in [0.2, 0.25) is 0 Å². The molecule has 210 valence electrons. The first kappa shape index (κ1) is 27.6. The molecular weight excluding hydrogens is 560 g/mol. The number of rotatable bonds is 7. The van der Waals surface area contributed by atoms with Crippen molar-refractivity contribution in [1.29, 1.82) is 0 Å². The number of aromatic nitrogens is 1. The van der Waals surface area contributed by atoms with Crippen LogP contribution >= 0.6 is 11.3 Å². The highest BCUT2D eigenvalue weighted by atomic mass is 32.1. The van der Waals surface area contributed by atoms with Gasteiger partial charge in [-0.1, -0.05) is 23.5 Å². The zero-order valence-corrected chi connectivity index (χ0v) is 21.4. The SMILES string of the molecule is O=C1CCCN1CCNc1nc(O)c(C(Cc2ccc(C(F)(F)F)cc2C(F)(F)F)=c2ccc3c(c2)C=NN=3)s1. The molecule has 3 aromatic rings. The van der Waals surface area contributed by atoms with Gasteiger partial charge in [-0.15, -0.1) is 0 Å². The standard InChI is InChI=1S/C26H21F6N5O2S/c27-25(28,29)17-5-3-15(19(12-17)26(30,31)32)11-18(14-4-6-20-16(10-14)13-34-36-20)22-23(39)35-24(40-22)33-7-9-37-8-1-2-21(37)38/h3-6,10,12-13,39H,1-2,7-9,11H2,(H,33,35). The summed E-state index contributed by atoms with van der Waals surface area (Å²) in [7, 11) is 0. The monoisotopic (exact) mass is 581 g/mol. The van der Waals surface area contributed by atoms with E-state index in [0.717, 1.165) is 23.8 Å². The first-order chi connectivity index (χ1) is 18.9. The molecule has 2 N–H and O–H groups in total. The fourth-order valence-corrected chi connectivity index (χ4v) is 5.54. The molecule has 2 aromatic carbocycles. The molecule has 1 saturated heterocycles. The van der Waals surface area contributed by atoms with E-state index in [-0.39, 0.29) is 27.6 Å². The highest BCUT2D eigenvalue weighted by Crippen LogP contribution is 2.40. The van der Waals surface area contributed by atoms with Crippen molar-refractivity contribution in [3.05, 3.63) is 74.1 Å². The summed E-state index contributed by atoms with van der Waals surface area (Å²) in [5, 5.41) is 22.7. The minimum atomic E-state index is -5.05. The number of alkyl halides is 6. The van der Waals surface area contributed by atoms with Gasteiger partial charge in [-0.05, 0) is 47.0 Å². The van der Waals surface area contributed by atoms with Gasteiger partial charge >= 0.3 is 12.4 Å². The molecule has 5 rings (SSSR count). The smallest absolute Gasteiger partial charge is 0.416 e. The second-order valence-electron chi connectivity index (χ2n) is 9.22. The number of aromatic hydroxyl groups is 1. The predicted octanol–water partition coefficient (Wildman–Crippen LogP) is 4.33. The molecule has 2 aliphatic rings. The first-order valence-corrected chi connectivity index (χ1v) is 13.0. The maximum Gasteiger partial charge on any atom is 0.416 e. The van der Waals surface area contributed by atoms with Crippen LogP contribution in [0, 0.1) is 0 Å². The molecule has 7 nitrogen and oxygen atoms in total. The summed E-state index contributed by atoms with van der Waals surface area (Å²) in [6.45, 7) is 1.40. The number of anilines is 1. The van der Waals surface area contributed by atoms with Gasteiger partial charge in [0, 0.05) is 38.0 Å². The van der Waals surface area contributed by atoms with Crippen LogP contribution in [-0.4, -0.2) is 46.7 Å². The Bertz CT molecular complexity index is 1610. The van der Waals surface area contributed by atoms with Crippen molar-refractivity contribution < 1.29 is 36.2 Å². The largest absolute Gasteiger partial charge is 0.492 e. The van der Waals surface area contributed by atoms with Crippen LogP contribution in [0.4, 0.5) is 31.5 Å². The van der Waals surface area contributed by atoms with Crippen molar-refractivity contribution in [2.75, 3.05) is 25.0 Å². The Morgan fingerprint density at radius 1 is 1.07 bits per heavy atom. The van der Waals surface area contributed by atoms with E-state index in [9.17, 15) is 36.2 Å². The van der Waals surface area contributed by atoms with Crippen LogP contribution in [0.25, 0.3) is 5.57 Å². The summed E-state index contributed by atoms with van der Waals surface area (Å²) in [4.78, 5) is 17.8. The number of halogens is 6. The van der Waals surface area contributed by atoms with Crippen LogP contribution in [0.15, 0.2) is 46.6 Å². The Balaban J connectivity index is 1.55. The lowest BCUT2D eigenvalue weighted by Crippen LogP contribution is -2.29. The molecule has 1 aromatic heterocycles. The van der Waals surface area contributed by atoms with E-state index in [1.54, 1.807) is 23.1 Å². The number of hydrogen-bond donors (Lipinski definition) is 2. The lowest BCUT2D eigenvalue weighted by molar-refractivity contribution is -0.143. The summed E-state index contributed by atoms with van der Waals surface area (Å²) >= 11 is 0.988. The van der Waals surface area contributed by atoms with Crippen molar-refractivity contribution in [3.63, 3.8) is 0 Å². The summed E-state index contributed by atoms with van der Waals surface area (Å²) in [5.74, 6) is -0.400. The van der Waals surface area contributed by atoms with Gasteiger partial charge in [0.15, 0.2) is 5.13 Å². The third-order valence-electron chi connectivity index (χ3n) is 6.56. The van der Waals surface area contributed by atoms with E-state index in [0.29, 0.717) is 48.3 Å². The average Bonchev–Trinajstić information content (AvgIpc) is 3.61. The quantitative estimate of drug-likeness (QED) is 0.407. The molecule has 40 heavy (non-hydrogen) atoms. The van der Waals surface area contributed by atoms with Crippen molar-refractivity contribution in [1.82, 2.24) is 9.88 Å². The highest BCUT2D eigenvalue weighted by molar-refractivity contribution is 7.16. The molecule has 14 heteroatoms. The van der Waals surface area contributed by atoms with Gasteiger partial charge in [-0.3, -0.25) is 4.79 Å². The number of carbonyl (C=O) groups excluding carboxylic acids is 1. The van der Waals surface area contributed by atoms with Gasteiger partial charge in [0.2, 0.25) is 11.8 Å². The van der Waals surface area contributed by atoms with Gasteiger partial charge in [0.1, 0.15) is 0 Å². The van der Waals surface area contributed by atoms with Crippen LogP contribution in [-0.2, 0) is 23.6 Å². The molecule has 0 unspecified atom stereocenters. The molecule has 3 heterocycles. The van der Waals surface area contributed by atoms with Crippen molar-refractivity contribution in [2.24, 2.45) is 10.2 Å². The molecule has 0 atom stereocenters. The summed E-state index contributed by atoms with van der Waals surface area (Å²) in [6.07, 6.45) is -7.72. The summed E-state index contributed by atoms with van der Waals surface area (Å²) < 4.78 is 81.4. The van der Waals surface area contributed by atoms with E-state index >= 15 is 0 Å². The zero-order chi connectivity index (χ0) is 28.7. The normalized spacial score (nSPS) is 15.8. The lowest BCUT2D eigenvalue weighted by Gasteiger charge is -2.17. The number of amides is 1. The van der Waals surface area contributed by atoms with Gasteiger partial charge < -0.3 is 15.3 Å². The number of hydrogen-bond acceptors (Lipinski definition) is 7. The Labute approximate surface area is 227 Å². The van der Waals surface area contributed by atoms with Crippen LogP contribution in [0.3, 0.4) is 0 Å². The van der Waals surface area contributed by atoms with Crippen molar-refractivity contribution in [3.8, 4) is 5.88 Å². The Hall–Kier alpha value is -3.94. The first-order valence-electron chi connectivity index (χ1n) is 12.1. The maximum atomic E-state index is 13.9. The second-order valence-corrected chi connectivity index (χ2v) is 10.2. The van der Waals surface area contributed by atoms with Gasteiger partial charge in [-0.25, -0.2) is 0 Å². The number of nitrogens with zero attached hydrogens (tertiary/aromatic N) is 4. The summed E-state index contributed by atoms with van der Waals surface area (Å²) in [5.41, 5.74) is -2.41. The van der Waals surface area contributed by atoms with E-state index in [1.165, 1.54) is 6.21 Å². The number of benzene rings is 2. The van der Waals surface area contributed by atoms with E-state index < -0.39 is 41.3 Å². The summed E-state index contributed by atoms with van der Waals surface area (Å²) in [6, 6.07) is 6.34. The topological polar surface area (TPSA) is 90.2 Å². The molecule has 0 spiro atoms. The molecule has 1 fully saturated rings. The highest BCUT2D eigenvalue weighted by Gasteiger charge is 2.38. The number of fused-ring (bicyclic) bond motifs is 1. The fraction of sp³-hybridized carbons (Fsp3) is 0.308. The molecule has 0 saturated carbocycles. The Kier molecular flexibility index (Phi) is 7.29. The number of thiazole rings is 1. The molecule has 0 aliphatic carbocycles. The average molecular weight is 582 g/mol. The number of likely N-dealkylation sites (tertiary alicyclic amines) is 1. The molecule has 0 radical (unpaired) electrons. The maximum absolute atomic E-state index is 13.9. The van der Waals surface area contributed by atoms with Crippen molar-refractivity contribution >= 4 is 34.2 Å². The molecule has 2 aliphatic heterocycles. The van der Waals surface area contributed by atoms with Crippen LogP contribution in [0.1, 0.15) is 40.0 Å². The Morgan fingerprint density at radius 2 is 1.88 bits per heavy atom. The third kappa shape index (κ3) is 5.81. The lowest BCUT2D eigenvalue weighted by atomic mass is 9.94. The van der Waals surface area contributed by atoms with Crippen LogP contribution in [0.5, 0.6) is 5.88 Å². The fourth-order valence-electron chi connectivity index (χ4n) is 4.59. The van der Waals surface area contributed by atoms with E-state index in [2.05, 4.69) is 20.5 Å². The molecule has 1 amide bonds. The van der Waals surface area contributed by atoms with Gasteiger partial charge in [0.25, 0.3) is 0 Å².